The van der Waals surface area contributed by atoms with Crippen molar-refractivity contribution in [2.75, 3.05) is 32.5 Å². The Balaban J connectivity index is 1.38. The number of nitrogens with one attached hydrogen (secondary N) is 1. The summed E-state index contributed by atoms with van der Waals surface area (Å²) in [7, 11) is 1.18. The maximum atomic E-state index is 14.2. The topological polar surface area (TPSA) is 108 Å². The molecular weight excluding hydrogens is 534 g/mol. The number of hydrogen-bond donors (Lipinski definition) is 1. The normalized spacial score (nSPS) is 19.8. The fourth-order valence-electron chi connectivity index (χ4n) is 5.89. The van der Waals surface area contributed by atoms with Crippen molar-refractivity contribution >= 4 is 23.8 Å². The van der Waals surface area contributed by atoms with Crippen LogP contribution in [0.1, 0.15) is 40.0 Å². The van der Waals surface area contributed by atoms with Crippen LogP contribution in [0.4, 0.5) is 4.79 Å². The lowest BCUT2D eigenvalue weighted by molar-refractivity contribution is -0.0467. The van der Waals surface area contributed by atoms with E-state index in [1.807, 2.05) is 24.3 Å². The first-order valence-electron chi connectivity index (χ1n) is 13.1. The summed E-state index contributed by atoms with van der Waals surface area (Å²) >= 11 is 1.79. The van der Waals surface area contributed by atoms with Crippen molar-refractivity contribution < 1.29 is 28.5 Å². The molecule has 11 heteroatoms. The predicted molar refractivity (Wildman–Crippen MR) is 146 cm³/mol. The minimum absolute atomic E-state index is 0.0707. The van der Waals surface area contributed by atoms with Gasteiger partial charge in [-0.2, -0.15) is 0 Å². The summed E-state index contributed by atoms with van der Waals surface area (Å²) in [6.45, 7) is 0.191. The molecule has 1 amide bonds. The van der Waals surface area contributed by atoms with Gasteiger partial charge in [-0.1, -0.05) is 36.4 Å². The summed E-state index contributed by atoms with van der Waals surface area (Å²) in [5, 5.41) is 0. The minimum Gasteiger partial charge on any atom is -0.451 e. The van der Waals surface area contributed by atoms with Gasteiger partial charge in [0.25, 0.3) is 5.91 Å². The summed E-state index contributed by atoms with van der Waals surface area (Å²) in [5.41, 5.74) is 7.56. The second-order valence-electron chi connectivity index (χ2n) is 10.3. The lowest BCUT2D eigenvalue weighted by Gasteiger charge is -2.47. The zero-order valence-corrected chi connectivity index (χ0v) is 22.6. The van der Waals surface area contributed by atoms with Gasteiger partial charge in [0.05, 0.1) is 31.6 Å². The fourth-order valence-corrected chi connectivity index (χ4v) is 6.97. The molecule has 1 N–H and O–H groups in total. The Morgan fingerprint density at radius 3 is 2.80 bits per heavy atom. The van der Waals surface area contributed by atoms with Crippen molar-refractivity contribution in [1.82, 2.24) is 9.58 Å². The molecule has 0 radical (unpaired) electrons. The van der Waals surface area contributed by atoms with Gasteiger partial charge in [-0.15, -0.1) is 11.8 Å². The number of benzene rings is 2. The molecule has 3 aromatic rings. The van der Waals surface area contributed by atoms with Crippen molar-refractivity contribution in [3.8, 4) is 17.0 Å². The summed E-state index contributed by atoms with van der Waals surface area (Å²) in [6.07, 6.45) is 0.983. The van der Waals surface area contributed by atoms with E-state index in [1.165, 1.54) is 29.2 Å². The highest BCUT2D eigenvalue weighted by atomic mass is 32.2. The number of pyridine rings is 1. The minimum atomic E-state index is -0.953. The zero-order valence-electron chi connectivity index (χ0n) is 21.8. The number of hydrogen-bond acceptors (Lipinski definition) is 9. The molecule has 4 heterocycles. The van der Waals surface area contributed by atoms with Crippen LogP contribution in [0.5, 0.6) is 5.75 Å². The molecule has 1 aromatic heterocycles. The van der Waals surface area contributed by atoms with Crippen LogP contribution in [-0.2, 0) is 26.4 Å². The van der Waals surface area contributed by atoms with Crippen LogP contribution in [0.15, 0.2) is 58.2 Å². The third-order valence-electron chi connectivity index (χ3n) is 7.99. The fraction of sp³-hybridized carbons (Fsp3) is 0.345. The Hall–Kier alpha value is -3.96. The number of methoxy groups -OCH3 is 1. The molecule has 1 saturated heterocycles. The number of nitrogens with zero attached hydrogens (tertiary/aromatic N) is 2. The second-order valence-corrected chi connectivity index (χ2v) is 11.4. The second kappa shape index (κ2) is 9.60. The quantitative estimate of drug-likeness (QED) is 0.377. The number of carbonyl (C=O) groups is 2. The van der Waals surface area contributed by atoms with E-state index >= 15 is 0 Å². The highest BCUT2D eigenvalue weighted by molar-refractivity contribution is 7.98. The number of thioether (sulfide) groups is 1. The highest BCUT2D eigenvalue weighted by Gasteiger charge is 2.58. The van der Waals surface area contributed by atoms with Gasteiger partial charge in [-0.05, 0) is 42.0 Å². The molecule has 0 bridgehead atoms. The Labute approximate surface area is 234 Å². The first-order chi connectivity index (χ1) is 19.5. The number of amides is 1. The van der Waals surface area contributed by atoms with Crippen molar-refractivity contribution in [3.05, 3.63) is 81.1 Å². The van der Waals surface area contributed by atoms with Gasteiger partial charge >= 0.3 is 6.16 Å². The van der Waals surface area contributed by atoms with E-state index in [0.717, 1.165) is 29.7 Å². The molecular formula is C29H27N3O7S. The van der Waals surface area contributed by atoms with Gasteiger partial charge in [-0.25, -0.2) is 9.47 Å². The smallest absolute Gasteiger partial charge is 0.451 e. The number of morpholine rings is 1. The van der Waals surface area contributed by atoms with Crippen LogP contribution >= 0.6 is 11.8 Å². The molecule has 40 heavy (non-hydrogen) atoms. The zero-order chi connectivity index (χ0) is 27.4. The molecule has 1 spiro atoms. The average molecular weight is 562 g/mol. The molecule has 1 aliphatic carbocycles. The summed E-state index contributed by atoms with van der Waals surface area (Å²) in [4.78, 5) is 42.3. The number of fused-ring (bicyclic) bond motifs is 5. The molecule has 1 atom stereocenters. The molecule has 10 nitrogen and oxygen atoms in total. The van der Waals surface area contributed by atoms with E-state index in [0.29, 0.717) is 25.3 Å². The highest BCUT2D eigenvalue weighted by Crippen LogP contribution is 2.47. The van der Waals surface area contributed by atoms with Gasteiger partial charge in [0.1, 0.15) is 6.17 Å². The third-order valence-corrected chi connectivity index (χ3v) is 9.15. The molecule has 0 unspecified atom stereocenters. The molecule has 7 rings (SSSR count). The number of aromatic nitrogens is 1. The average Bonchev–Trinajstić information content (AvgIpc) is 3.75. The Morgan fingerprint density at radius 1 is 1.15 bits per heavy atom. The SMILES string of the molecule is COC(=O)OCOc1c2n(c(-c3cccc4c3Cc3ccccc3SC4)cc1=O)N[C@@H]1COCC3(CC3)N1C2=O. The monoisotopic (exact) mass is 561 g/mol. The number of ether oxygens (including phenoxy) is 4. The Morgan fingerprint density at radius 2 is 1.98 bits per heavy atom. The van der Waals surface area contributed by atoms with Gasteiger partial charge in [0.2, 0.25) is 18.0 Å². The summed E-state index contributed by atoms with van der Waals surface area (Å²) < 4.78 is 22.6. The predicted octanol–water partition coefficient (Wildman–Crippen LogP) is 3.72. The molecule has 2 aromatic carbocycles. The van der Waals surface area contributed by atoms with E-state index in [9.17, 15) is 14.4 Å². The Bertz CT molecular complexity index is 1600. The lowest BCUT2D eigenvalue weighted by atomic mass is 9.93. The van der Waals surface area contributed by atoms with Gasteiger partial charge in [-0.3, -0.25) is 9.59 Å². The Kier molecular flexibility index (Phi) is 6.01. The van der Waals surface area contributed by atoms with Crippen LogP contribution in [0.25, 0.3) is 11.3 Å². The van der Waals surface area contributed by atoms with Crippen LogP contribution in [0, 0.1) is 0 Å². The molecule has 4 aliphatic rings. The van der Waals surface area contributed by atoms with Crippen molar-refractivity contribution in [1.29, 1.82) is 0 Å². The largest absolute Gasteiger partial charge is 0.510 e. The van der Waals surface area contributed by atoms with Crippen LogP contribution in [-0.4, -0.2) is 60.5 Å². The number of rotatable bonds is 4. The molecule has 1 saturated carbocycles. The van der Waals surface area contributed by atoms with Crippen LogP contribution in [0.2, 0.25) is 0 Å². The molecule has 3 aliphatic heterocycles. The van der Waals surface area contributed by atoms with E-state index in [2.05, 4.69) is 28.4 Å². The molecule has 206 valence electrons. The first kappa shape index (κ1) is 25.0. The van der Waals surface area contributed by atoms with Crippen molar-refractivity contribution in [3.63, 3.8) is 0 Å². The lowest BCUT2D eigenvalue weighted by Crippen LogP contribution is -2.64. The van der Waals surface area contributed by atoms with Crippen LogP contribution < -0.4 is 15.6 Å². The van der Waals surface area contributed by atoms with E-state index in [1.54, 1.807) is 21.3 Å². The van der Waals surface area contributed by atoms with Gasteiger partial charge in [0.15, 0.2) is 5.69 Å². The summed E-state index contributed by atoms with van der Waals surface area (Å²) in [5.74, 6) is 0.288. The van der Waals surface area contributed by atoms with Crippen LogP contribution in [0.3, 0.4) is 0 Å². The maximum absolute atomic E-state index is 14.2. The van der Waals surface area contributed by atoms with Gasteiger partial charge in [0, 0.05) is 22.3 Å². The molecule has 2 fully saturated rings. The maximum Gasteiger partial charge on any atom is 0.510 e. The van der Waals surface area contributed by atoms with E-state index in [-0.39, 0.29) is 17.4 Å². The van der Waals surface area contributed by atoms with E-state index < -0.39 is 30.1 Å². The summed E-state index contributed by atoms with van der Waals surface area (Å²) in [6, 6.07) is 15.9. The van der Waals surface area contributed by atoms with Crippen molar-refractivity contribution in [2.45, 2.75) is 41.6 Å². The first-order valence-corrected chi connectivity index (χ1v) is 14.1. The van der Waals surface area contributed by atoms with Gasteiger partial charge < -0.3 is 29.3 Å². The van der Waals surface area contributed by atoms with Crippen molar-refractivity contribution in [2.24, 2.45) is 0 Å². The van der Waals surface area contributed by atoms with E-state index in [4.69, 9.17) is 14.2 Å². The third kappa shape index (κ3) is 4.03. The number of carbonyl (C=O) groups excluding carboxylic acids is 2. The standard InChI is InChI=1S/C29H27N3O7S/c1-36-28(35)39-16-38-26-22(33)12-21(32-25(26)27(34)31-24(30-32)13-37-15-29(31)9-10-29)19-7-4-6-18-14-40-23-8-3-2-5-17(23)11-20(18)19/h2-8,12,24,30H,9-11,13-16H2,1H3/t24-/m0/s1.